The standard InChI is InChI=1S/C26H27NO4/c28-23-16-14-20(15-17-23)12-13-21-9-4-10-22(18-21)25(29)27-24(26(30)31)11-5-8-19-6-2-1-3-7-19/h1-4,6-7,9-10,14-18,24,28H,5,8,11-13H2,(H,27,29)(H,30,31)/t24-/m0/s1. The van der Waals surface area contributed by atoms with Gasteiger partial charge in [-0.3, -0.25) is 4.79 Å². The Hall–Kier alpha value is -3.60. The fourth-order valence-electron chi connectivity index (χ4n) is 3.47. The van der Waals surface area contributed by atoms with Gasteiger partial charge in [-0.05, 0) is 73.1 Å². The molecule has 0 radical (unpaired) electrons. The summed E-state index contributed by atoms with van der Waals surface area (Å²) in [5.41, 5.74) is 3.70. The van der Waals surface area contributed by atoms with Crippen molar-refractivity contribution in [2.45, 2.75) is 38.1 Å². The van der Waals surface area contributed by atoms with Crippen molar-refractivity contribution in [3.63, 3.8) is 0 Å². The SMILES string of the molecule is O=C(N[C@@H](CCCc1ccccc1)C(=O)O)c1cccc(CCc2ccc(O)cc2)c1. The van der Waals surface area contributed by atoms with E-state index >= 15 is 0 Å². The van der Waals surface area contributed by atoms with Crippen LogP contribution < -0.4 is 5.32 Å². The summed E-state index contributed by atoms with van der Waals surface area (Å²) in [6.45, 7) is 0. The number of carboxylic acid groups (broad SMARTS) is 1. The summed E-state index contributed by atoms with van der Waals surface area (Å²) in [6.07, 6.45) is 3.34. The Kier molecular flexibility index (Phi) is 7.82. The second-order valence-electron chi connectivity index (χ2n) is 7.61. The van der Waals surface area contributed by atoms with Crippen LogP contribution in [0.5, 0.6) is 5.75 Å². The molecule has 0 fully saturated rings. The van der Waals surface area contributed by atoms with E-state index in [9.17, 15) is 19.8 Å². The fourth-order valence-corrected chi connectivity index (χ4v) is 3.47. The van der Waals surface area contributed by atoms with Gasteiger partial charge in [0.1, 0.15) is 11.8 Å². The number of phenols is 1. The van der Waals surface area contributed by atoms with E-state index in [4.69, 9.17) is 0 Å². The molecular formula is C26H27NO4. The summed E-state index contributed by atoms with van der Waals surface area (Å²) in [5, 5.41) is 21.6. The highest BCUT2D eigenvalue weighted by Crippen LogP contribution is 2.14. The molecule has 0 heterocycles. The molecule has 3 aromatic carbocycles. The van der Waals surface area contributed by atoms with E-state index in [1.807, 2.05) is 54.6 Å². The van der Waals surface area contributed by atoms with Gasteiger partial charge in [0, 0.05) is 5.56 Å². The lowest BCUT2D eigenvalue weighted by atomic mass is 10.0. The first-order valence-corrected chi connectivity index (χ1v) is 10.5. The average Bonchev–Trinajstić information content (AvgIpc) is 2.79. The zero-order chi connectivity index (χ0) is 22.1. The molecule has 3 aromatic rings. The minimum atomic E-state index is -1.02. The summed E-state index contributed by atoms with van der Waals surface area (Å²) in [6, 6.07) is 23.3. The maximum absolute atomic E-state index is 12.7. The summed E-state index contributed by atoms with van der Waals surface area (Å²) in [4.78, 5) is 24.3. The molecule has 0 saturated heterocycles. The molecule has 3 rings (SSSR count). The summed E-state index contributed by atoms with van der Waals surface area (Å²) in [7, 11) is 0. The van der Waals surface area contributed by atoms with Crippen molar-refractivity contribution in [1.82, 2.24) is 5.32 Å². The first-order valence-electron chi connectivity index (χ1n) is 10.5. The molecule has 0 saturated carbocycles. The number of carboxylic acids is 1. The number of carbonyl (C=O) groups excluding carboxylic acids is 1. The summed E-state index contributed by atoms with van der Waals surface area (Å²) in [5.74, 6) is -1.16. The van der Waals surface area contributed by atoms with Crippen molar-refractivity contribution in [3.8, 4) is 5.75 Å². The van der Waals surface area contributed by atoms with Gasteiger partial charge in [0.05, 0.1) is 0 Å². The molecule has 160 valence electrons. The zero-order valence-electron chi connectivity index (χ0n) is 17.3. The van der Waals surface area contributed by atoms with Crippen LogP contribution in [-0.2, 0) is 24.1 Å². The Morgan fingerprint density at radius 3 is 2.13 bits per heavy atom. The van der Waals surface area contributed by atoms with Crippen LogP contribution in [0.4, 0.5) is 0 Å². The molecule has 1 amide bonds. The number of benzene rings is 3. The lowest BCUT2D eigenvalue weighted by molar-refractivity contribution is -0.139. The van der Waals surface area contributed by atoms with Gasteiger partial charge in [0.25, 0.3) is 5.91 Å². The number of nitrogens with one attached hydrogen (secondary N) is 1. The largest absolute Gasteiger partial charge is 0.508 e. The molecule has 3 N–H and O–H groups in total. The lowest BCUT2D eigenvalue weighted by Crippen LogP contribution is -2.40. The van der Waals surface area contributed by atoms with Crippen LogP contribution >= 0.6 is 0 Å². The predicted molar refractivity (Wildman–Crippen MR) is 120 cm³/mol. The molecule has 0 aromatic heterocycles. The van der Waals surface area contributed by atoms with Gasteiger partial charge in [-0.25, -0.2) is 4.79 Å². The van der Waals surface area contributed by atoms with E-state index in [1.165, 1.54) is 0 Å². The van der Waals surface area contributed by atoms with Crippen molar-refractivity contribution in [3.05, 3.63) is 101 Å². The van der Waals surface area contributed by atoms with Gasteiger partial charge in [0.2, 0.25) is 0 Å². The van der Waals surface area contributed by atoms with Gasteiger partial charge in [-0.15, -0.1) is 0 Å². The van der Waals surface area contributed by atoms with E-state index in [0.717, 1.165) is 36.0 Å². The molecule has 0 aliphatic rings. The Balaban J connectivity index is 1.55. The predicted octanol–water partition coefficient (Wildman–Crippen LogP) is 4.38. The summed E-state index contributed by atoms with van der Waals surface area (Å²) >= 11 is 0. The van der Waals surface area contributed by atoms with Gasteiger partial charge in [0.15, 0.2) is 0 Å². The van der Waals surface area contributed by atoms with Crippen LogP contribution in [0, 0.1) is 0 Å². The Morgan fingerprint density at radius 2 is 1.42 bits per heavy atom. The van der Waals surface area contributed by atoms with Crippen LogP contribution in [0.3, 0.4) is 0 Å². The molecule has 0 bridgehead atoms. The highest BCUT2D eigenvalue weighted by Gasteiger charge is 2.20. The number of hydrogen-bond acceptors (Lipinski definition) is 3. The first-order chi connectivity index (χ1) is 15.0. The molecular weight excluding hydrogens is 390 g/mol. The van der Waals surface area contributed by atoms with Crippen LogP contribution in [-0.4, -0.2) is 28.1 Å². The van der Waals surface area contributed by atoms with Crippen molar-refractivity contribution >= 4 is 11.9 Å². The van der Waals surface area contributed by atoms with E-state index in [1.54, 1.807) is 24.3 Å². The number of amides is 1. The van der Waals surface area contributed by atoms with Gasteiger partial charge in [-0.1, -0.05) is 54.6 Å². The van der Waals surface area contributed by atoms with Crippen LogP contribution in [0.1, 0.15) is 39.9 Å². The first kappa shape index (κ1) is 22.1. The number of aliphatic carboxylic acids is 1. The number of phenolic OH excluding ortho intramolecular Hbond substituents is 1. The zero-order valence-corrected chi connectivity index (χ0v) is 17.3. The van der Waals surface area contributed by atoms with E-state index < -0.39 is 12.0 Å². The van der Waals surface area contributed by atoms with Crippen molar-refractivity contribution in [2.75, 3.05) is 0 Å². The van der Waals surface area contributed by atoms with Crippen LogP contribution in [0.25, 0.3) is 0 Å². The molecule has 0 spiro atoms. The third kappa shape index (κ3) is 7.00. The molecule has 5 nitrogen and oxygen atoms in total. The van der Waals surface area contributed by atoms with E-state index in [2.05, 4.69) is 5.32 Å². The Morgan fingerprint density at radius 1 is 0.774 bits per heavy atom. The van der Waals surface area contributed by atoms with E-state index in [-0.39, 0.29) is 11.7 Å². The molecule has 0 aliphatic carbocycles. The lowest BCUT2D eigenvalue weighted by Gasteiger charge is -2.15. The maximum Gasteiger partial charge on any atom is 0.326 e. The van der Waals surface area contributed by atoms with Gasteiger partial charge >= 0.3 is 5.97 Å². The minimum Gasteiger partial charge on any atom is -0.508 e. The third-order valence-electron chi connectivity index (χ3n) is 5.23. The normalized spacial score (nSPS) is 11.6. The molecule has 1 atom stereocenters. The highest BCUT2D eigenvalue weighted by atomic mass is 16.4. The number of rotatable bonds is 10. The van der Waals surface area contributed by atoms with Gasteiger partial charge in [-0.2, -0.15) is 0 Å². The third-order valence-corrected chi connectivity index (χ3v) is 5.23. The van der Waals surface area contributed by atoms with Gasteiger partial charge < -0.3 is 15.5 Å². The molecule has 5 heteroatoms. The second kappa shape index (κ2) is 11.0. The quantitative estimate of drug-likeness (QED) is 0.457. The van der Waals surface area contributed by atoms with Crippen molar-refractivity contribution in [2.24, 2.45) is 0 Å². The van der Waals surface area contributed by atoms with Crippen molar-refractivity contribution < 1.29 is 19.8 Å². The average molecular weight is 418 g/mol. The smallest absolute Gasteiger partial charge is 0.326 e. The topological polar surface area (TPSA) is 86.6 Å². The fraction of sp³-hybridized carbons (Fsp3) is 0.231. The summed E-state index contributed by atoms with van der Waals surface area (Å²) < 4.78 is 0. The molecule has 31 heavy (non-hydrogen) atoms. The minimum absolute atomic E-state index is 0.235. The number of aromatic hydroxyl groups is 1. The maximum atomic E-state index is 12.7. The molecule has 0 unspecified atom stereocenters. The van der Waals surface area contributed by atoms with Crippen molar-refractivity contribution in [1.29, 1.82) is 0 Å². The number of carbonyl (C=O) groups is 2. The highest BCUT2D eigenvalue weighted by molar-refractivity contribution is 5.96. The van der Waals surface area contributed by atoms with E-state index in [0.29, 0.717) is 18.4 Å². The number of aryl methyl sites for hydroxylation is 3. The van der Waals surface area contributed by atoms with Crippen LogP contribution in [0.2, 0.25) is 0 Å². The Bertz CT molecular complexity index is 999. The molecule has 0 aliphatic heterocycles. The monoisotopic (exact) mass is 417 g/mol. The Labute approximate surface area is 182 Å². The second-order valence-corrected chi connectivity index (χ2v) is 7.61. The van der Waals surface area contributed by atoms with Crippen LogP contribution in [0.15, 0.2) is 78.9 Å². The number of hydrogen-bond donors (Lipinski definition) is 3.